The standard InChI is InChI=1S/C13H15ClN2/c1-10(2)13-15-6-7-16(13)9-11-4-3-5-12(14)8-11/h3-8,10H,9H2,1-2H3. The smallest absolute Gasteiger partial charge is 0.111 e. The SMILES string of the molecule is CC(C)c1nccn1Cc1cccc(Cl)c1. The monoisotopic (exact) mass is 234 g/mol. The van der Waals surface area contributed by atoms with Gasteiger partial charge >= 0.3 is 0 Å². The first-order valence-electron chi connectivity index (χ1n) is 5.42. The zero-order valence-corrected chi connectivity index (χ0v) is 10.3. The Labute approximate surface area is 101 Å². The molecule has 3 heteroatoms. The first-order valence-corrected chi connectivity index (χ1v) is 5.80. The quantitative estimate of drug-likeness (QED) is 0.792. The lowest BCUT2D eigenvalue weighted by atomic mass is 10.2. The van der Waals surface area contributed by atoms with Crippen LogP contribution >= 0.6 is 11.6 Å². The molecular weight excluding hydrogens is 220 g/mol. The van der Waals surface area contributed by atoms with Gasteiger partial charge in [0.25, 0.3) is 0 Å². The summed E-state index contributed by atoms with van der Waals surface area (Å²) in [7, 11) is 0. The summed E-state index contributed by atoms with van der Waals surface area (Å²) in [4.78, 5) is 4.36. The topological polar surface area (TPSA) is 17.8 Å². The number of imidazole rings is 1. The van der Waals surface area contributed by atoms with E-state index in [1.54, 1.807) is 0 Å². The molecule has 16 heavy (non-hydrogen) atoms. The molecule has 1 heterocycles. The summed E-state index contributed by atoms with van der Waals surface area (Å²) < 4.78 is 2.16. The predicted octanol–water partition coefficient (Wildman–Crippen LogP) is 3.71. The van der Waals surface area contributed by atoms with Crippen molar-refractivity contribution in [2.75, 3.05) is 0 Å². The Bertz CT molecular complexity index is 474. The summed E-state index contributed by atoms with van der Waals surface area (Å²) in [6, 6.07) is 7.94. The van der Waals surface area contributed by atoms with Crippen LogP contribution in [0.2, 0.25) is 5.02 Å². The fourth-order valence-corrected chi connectivity index (χ4v) is 2.00. The molecule has 0 atom stereocenters. The van der Waals surface area contributed by atoms with Crippen molar-refractivity contribution in [3.8, 4) is 0 Å². The zero-order valence-electron chi connectivity index (χ0n) is 9.52. The van der Waals surface area contributed by atoms with E-state index < -0.39 is 0 Å². The van der Waals surface area contributed by atoms with E-state index in [-0.39, 0.29) is 0 Å². The Balaban J connectivity index is 2.24. The van der Waals surface area contributed by atoms with E-state index in [0.717, 1.165) is 17.4 Å². The van der Waals surface area contributed by atoms with Gasteiger partial charge in [-0.05, 0) is 17.7 Å². The van der Waals surface area contributed by atoms with Gasteiger partial charge in [0.05, 0.1) is 0 Å². The Morgan fingerprint density at radius 2 is 2.19 bits per heavy atom. The maximum Gasteiger partial charge on any atom is 0.111 e. The normalized spacial score (nSPS) is 11.0. The highest BCUT2D eigenvalue weighted by Crippen LogP contribution is 2.16. The molecule has 0 aliphatic rings. The van der Waals surface area contributed by atoms with E-state index in [4.69, 9.17) is 11.6 Å². The molecule has 0 saturated carbocycles. The average Bonchev–Trinajstić information content (AvgIpc) is 2.66. The number of aromatic nitrogens is 2. The van der Waals surface area contributed by atoms with Gasteiger partial charge < -0.3 is 4.57 Å². The first-order chi connectivity index (χ1) is 7.66. The van der Waals surface area contributed by atoms with Crippen LogP contribution in [0.5, 0.6) is 0 Å². The fourth-order valence-electron chi connectivity index (χ4n) is 1.79. The van der Waals surface area contributed by atoms with Crippen LogP contribution in [0.1, 0.15) is 31.2 Å². The molecule has 1 aromatic carbocycles. The van der Waals surface area contributed by atoms with Crippen molar-refractivity contribution in [3.63, 3.8) is 0 Å². The Morgan fingerprint density at radius 3 is 2.88 bits per heavy atom. The number of nitrogens with zero attached hydrogens (tertiary/aromatic N) is 2. The minimum Gasteiger partial charge on any atom is -0.330 e. The zero-order chi connectivity index (χ0) is 11.5. The number of hydrogen-bond acceptors (Lipinski definition) is 1. The Hall–Kier alpha value is -1.28. The maximum absolute atomic E-state index is 5.96. The van der Waals surface area contributed by atoms with E-state index in [2.05, 4.69) is 29.5 Å². The van der Waals surface area contributed by atoms with Crippen molar-refractivity contribution < 1.29 is 0 Å². The van der Waals surface area contributed by atoms with Gasteiger partial charge in [-0.25, -0.2) is 4.98 Å². The minimum atomic E-state index is 0.439. The third-order valence-corrected chi connectivity index (χ3v) is 2.74. The van der Waals surface area contributed by atoms with Crippen LogP contribution in [-0.4, -0.2) is 9.55 Å². The third kappa shape index (κ3) is 2.45. The van der Waals surface area contributed by atoms with Crippen molar-refractivity contribution in [3.05, 3.63) is 53.1 Å². The minimum absolute atomic E-state index is 0.439. The van der Waals surface area contributed by atoms with Crippen LogP contribution < -0.4 is 0 Å². The average molecular weight is 235 g/mol. The van der Waals surface area contributed by atoms with Crippen LogP contribution in [0.4, 0.5) is 0 Å². The highest BCUT2D eigenvalue weighted by Gasteiger charge is 2.07. The van der Waals surface area contributed by atoms with Gasteiger partial charge in [-0.2, -0.15) is 0 Å². The molecule has 1 aromatic heterocycles. The molecule has 2 nitrogen and oxygen atoms in total. The molecule has 0 unspecified atom stereocenters. The fraction of sp³-hybridized carbons (Fsp3) is 0.308. The number of benzene rings is 1. The van der Waals surface area contributed by atoms with Crippen LogP contribution in [0.25, 0.3) is 0 Å². The molecule has 0 bridgehead atoms. The highest BCUT2D eigenvalue weighted by molar-refractivity contribution is 6.30. The molecule has 0 aliphatic heterocycles. The lowest BCUT2D eigenvalue weighted by Crippen LogP contribution is -2.05. The van der Waals surface area contributed by atoms with Gasteiger partial charge in [-0.3, -0.25) is 0 Å². The van der Waals surface area contributed by atoms with E-state index in [1.807, 2.05) is 30.6 Å². The summed E-state index contributed by atoms with van der Waals surface area (Å²) in [5, 5.41) is 0.781. The van der Waals surface area contributed by atoms with Crippen molar-refractivity contribution in [1.29, 1.82) is 0 Å². The Kier molecular flexibility index (Phi) is 3.30. The molecule has 0 fully saturated rings. The summed E-state index contributed by atoms with van der Waals surface area (Å²) in [5.41, 5.74) is 1.20. The van der Waals surface area contributed by atoms with E-state index in [1.165, 1.54) is 5.56 Å². The summed E-state index contributed by atoms with van der Waals surface area (Å²) in [6.07, 6.45) is 3.86. The number of halogens is 1. The molecule has 0 radical (unpaired) electrons. The lowest BCUT2D eigenvalue weighted by molar-refractivity contribution is 0.670. The highest BCUT2D eigenvalue weighted by atomic mass is 35.5. The van der Waals surface area contributed by atoms with Gasteiger partial charge in [0.2, 0.25) is 0 Å². The third-order valence-electron chi connectivity index (χ3n) is 2.51. The predicted molar refractivity (Wildman–Crippen MR) is 66.9 cm³/mol. The van der Waals surface area contributed by atoms with Gasteiger partial charge in [0.15, 0.2) is 0 Å². The van der Waals surface area contributed by atoms with Crippen molar-refractivity contribution in [1.82, 2.24) is 9.55 Å². The molecule has 0 spiro atoms. The van der Waals surface area contributed by atoms with Crippen LogP contribution in [-0.2, 0) is 6.54 Å². The maximum atomic E-state index is 5.96. The summed E-state index contributed by atoms with van der Waals surface area (Å²) in [5.74, 6) is 1.55. The summed E-state index contributed by atoms with van der Waals surface area (Å²) in [6.45, 7) is 5.13. The van der Waals surface area contributed by atoms with Gasteiger partial charge in [0, 0.05) is 29.9 Å². The molecule has 0 N–H and O–H groups in total. The van der Waals surface area contributed by atoms with Crippen LogP contribution in [0.3, 0.4) is 0 Å². The van der Waals surface area contributed by atoms with Crippen molar-refractivity contribution in [2.24, 2.45) is 0 Å². The molecule has 2 rings (SSSR count). The van der Waals surface area contributed by atoms with E-state index >= 15 is 0 Å². The van der Waals surface area contributed by atoms with Gasteiger partial charge in [0.1, 0.15) is 5.82 Å². The molecule has 0 saturated heterocycles. The number of hydrogen-bond donors (Lipinski definition) is 0. The second kappa shape index (κ2) is 4.71. The molecule has 2 aromatic rings. The Morgan fingerprint density at radius 1 is 1.38 bits per heavy atom. The van der Waals surface area contributed by atoms with Crippen LogP contribution in [0.15, 0.2) is 36.7 Å². The van der Waals surface area contributed by atoms with E-state index in [9.17, 15) is 0 Å². The molecule has 0 aliphatic carbocycles. The van der Waals surface area contributed by atoms with Gasteiger partial charge in [-0.15, -0.1) is 0 Å². The van der Waals surface area contributed by atoms with Gasteiger partial charge in [-0.1, -0.05) is 37.6 Å². The molecular formula is C13H15ClN2. The summed E-state index contributed by atoms with van der Waals surface area (Å²) >= 11 is 5.96. The second-order valence-corrected chi connectivity index (χ2v) is 4.63. The van der Waals surface area contributed by atoms with Crippen molar-refractivity contribution in [2.45, 2.75) is 26.3 Å². The lowest BCUT2D eigenvalue weighted by Gasteiger charge is -2.10. The first kappa shape index (κ1) is 11.2. The molecule has 0 amide bonds. The van der Waals surface area contributed by atoms with E-state index in [0.29, 0.717) is 5.92 Å². The molecule has 84 valence electrons. The second-order valence-electron chi connectivity index (χ2n) is 4.20. The number of rotatable bonds is 3. The van der Waals surface area contributed by atoms with Crippen LogP contribution in [0, 0.1) is 0 Å². The largest absolute Gasteiger partial charge is 0.330 e. The van der Waals surface area contributed by atoms with Crippen molar-refractivity contribution >= 4 is 11.6 Å².